The van der Waals surface area contributed by atoms with Gasteiger partial charge in [0.15, 0.2) is 0 Å². The first-order chi connectivity index (χ1) is 19.9. The highest BCUT2D eigenvalue weighted by molar-refractivity contribution is 7.10. The van der Waals surface area contributed by atoms with Gasteiger partial charge in [-0.05, 0) is 65.6 Å². The number of rotatable bonds is 13. The van der Waals surface area contributed by atoms with Crippen molar-refractivity contribution in [2.45, 2.75) is 59.0 Å². The molecule has 0 bridgehead atoms. The number of aryl methyl sites for hydroxylation is 1. The van der Waals surface area contributed by atoms with Crippen LogP contribution in [0.2, 0.25) is 0 Å². The Hall–Kier alpha value is -4.38. The van der Waals surface area contributed by atoms with Gasteiger partial charge in [0.1, 0.15) is 11.8 Å². The number of benzene rings is 2. The molecule has 5 N–H and O–H groups in total. The van der Waals surface area contributed by atoms with Crippen LogP contribution < -0.4 is 26.0 Å². The second-order valence-electron chi connectivity index (χ2n) is 10.5. The predicted molar refractivity (Wildman–Crippen MR) is 164 cm³/mol. The summed E-state index contributed by atoms with van der Waals surface area (Å²) >= 11 is 1.40. The van der Waals surface area contributed by atoms with E-state index in [0.717, 1.165) is 16.0 Å². The standard InChI is InChI=1S/C31H38N4O6S/c1-18(2)12-26(22-15-23(42-17-22)16-27(30(38)39)32-20(4)36)33-29(37)14-21-10-11-25(28(13-21)41-5)35-31(40)34-24-9-7-6-8-19(24)3/h6-11,13,15,17-18,26-27H,12,14,16H2,1-5H3,(H,32,36)(H,33,37)(H,38,39)(H2,34,35,40). The van der Waals surface area contributed by atoms with Gasteiger partial charge in [-0.25, -0.2) is 9.59 Å². The molecule has 1 heterocycles. The van der Waals surface area contributed by atoms with Crippen LogP contribution in [0, 0.1) is 12.8 Å². The number of urea groups is 1. The van der Waals surface area contributed by atoms with E-state index in [4.69, 9.17) is 4.74 Å². The molecule has 0 saturated heterocycles. The molecule has 3 aromatic rings. The first-order valence-corrected chi connectivity index (χ1v) is 14.5. The van der Waals surface area contributed by atoms with Crippen molar-refractivity contribution in [1.82, 2.24) is 10.6 Å². The van der Waals surface area contributed by atoms with Gasteiger partial charge >= 0.3 is 12.0 Å². The van der Waals surface area contributed by atoms with Gasteiger partial charge in [-0.3, -0.25) is 9.59 Å². The largest absolute Gasteiger partial charge is 0.495 e. The van der Waals surface area contributed by atoms with E-state index < -0.39 is 23.9 Å². The zero-order valence-electron chi connectivity index (χ0n) is 24.4. The quantitative estimate of drug-likeness (QED) is 0.182. The smallest absolute Gasteiger partial charge is 0.326 e. The Morgan fingerprint density at radius 3 is 2.33 bits per heavy atom. The Morgan fingerprint density at radius 1 is 0.976 bits per heavy atom. The van der Waals surface area contributed by atoms with Gasteiger partial charge in [-0.1, -0.05) is 38.1 Å². The molecule has 0 aliphatic carbocycles. The summed E-state index contributed by atoms with van der Waals surface area (Å²) in [7, 11) is 1.50. The Labute approximate surface area is 249 Å². The molecule has 224 valence electrons. The number of carboxylic acids is 1. The van der Waals surface area contributed by atoms with Gasteiger partial charge in [-0.2, -0.15) is 0 Å². The molecule has 0 aliphatic heterocycles. The summed E-state index contributed by atoms with van der Waals surface area (Å²) in [5, 5.41) is 22.5. The normalized spacial score (nSPS) is 12.2. The number of methoxy groups -OCH3 is 1. The SMILES string of the molecule is COc1cc(CC(=O)NC(CC(C)C)c2csc(CC(NC(C)=O)C(=O)O)c2)ccc1NC(=O)Nc1ccccc1C. The third-order valence-electron chi connectivity index (χ3n) is 6.47. The lowest BCUT2D eigenvalue weighted by Gasteiger charge is -2.20. The fourth-order valence-electron chi connectivity index (χ4n) is 4.45. The number of carbonyl (C=O) groups excluding carboxylic acids is 3. The highest BCUT2D eigenvalue weighted by atomic mass is 32.1. The maximum absolute atomic E-state index is 13.1. The molecule has 2 unspecified atom stereocenters. The molecular formula is C31H38N4O6S. The molecular weight excluding hydrogens is 556 g/mol. The Kier molecular flexibility index (Phi) is 11.5. The Bertz CT molecular complexity index is 1420. The lowest BCUT2D eigenvalue weighted by molar-refractivity contribution is -0.141. The molecule has 0 aliphatic rings. The molecule has 0 fully saturated rings. The number of anilines is 2. The molecule has 3 rings (SSSR count). The number of carboxylic acid groups (broad SMARTS) is 1. The minimum Gasteiger partial charge on any atom is -0.495 e. The summed E-state index contributed by atoms with van der Waals surface area (Å²) in [6, 6.07) is 12.8. The number of hydrogen-bond acceptors (Lipinski definition) is 6. The lowest BCUT2D eigenvalue weighted by Crippen LogP contribution is -2.41. The van der Waals surface area contributed by atoms with Crippen LogP contribution in [-0.2, 0) is 27.2 Å². The number of carbonyl (C=O) groups is 4. The monoisotopic (exact) mass is 594 g/mol. The van der Waals surface area contributed by atoms with Crippen LogP contribution in [-0.4, -0.2) is 42.1 Å². The molecule has 0 radical (unpaired) electrons. The Balaban J connectivity index is 1.67. The maximum atomic E-state index is 13.1. The average molecular weight is 595 g/mol. The van der Waals surface area contributed by atoms with Gasteiger partial charge in [0, 0.05) is 23.9 Å². The fraction of sp³-hybridized carbons (Fsp3) is 0.355. The van der Waals surface area contributed by atoms with Crippen molar-refractivity contribution in [3.05, 3.63) is 75.5 Å². The second-order valence-corrected chi connectivity index (χ2v) is 11.5. The summed E-state index contributed by atoms with van der Waals surface area (Å²) < 4.78 is 5.48. The van der Waals surface area contributed by atoms with Crippen molar-refractivity contribution in [3.63, 3.8) is 0 Å². The van der Waals surface area contributed by atoms with E-state index in [-0.39, 0.29) is 24.8 Å². The maximum Gasteiger partial charge on any atom is 0.326 e. The molecule has 10 nitrogen and oxygen atoms in total. The molecule has 2 aromatic carbocycles. The van der Waals surface area contributed by atoms with Gasteiger partial charge < -0.3 is 31.1 Å². The van der Waals surface area contributed by atoms with E-state index >= 15 is 0 Å². The first-order valence-electron chi connectivity index (χ1n) is 13.6. The van der Waals surface area contributed by atoms with E-state index in [2.05, 4.69) is 35.1 Å². The molecule has 0 saturated carbocycles. The van der Waals surface area contributed by atoms with Crippen LogP contribution in [0.1, 0.15) is 54.8 Å². The highest BCUT2D eigenvalue weighted by Crippen LogP contribution is 2.29. The number of thiophene rings is 1. The van der Waals surface area contributed by atoms with Gasteiger partial charge in [0.2, 0.25) is 11.8 Å². The average Bonchev–Trinajstić information content (AvgIpc) is 3.38. The number of hydrogen-bond donors (Lipinski definition) is 5. The van der Waals surface area contributed by atoms with Crippen molar-refractivity contribution >= 4 is 46.5 Å². The highest BCUT2D eigenvalue weighted by Gasteiger charge is 2.23. The molecule has 0 spiro atoms. The first kappa shape index (κ1) is 32.1. The van der Waals surface area contributed by atoms with E-state index in [1.807, 2.05) is 42.6 Å². The lowest BCUT2D eigenvalue weighted by atomic mass is 9.98. The number of para-hydroxylation sites is 1. The molecule has 42 heavy (non-hydrogen) atoms. The zero-order valence-corrected chi connectivity index (χ0v) is 25.3. The topological polar surface area (TPSA) is 146 Å². The molecule has 4 amide bonds. The third-order valence-corrected chi connectivity index (χ3v) is 7.45. The summed E-state index contributed by atoms with van der Waals surface area (Å²) in [4.78, 5) is 49.4. The van der Waals surface area contributed by atoms with Crippen LogP contribution in [0.3, 0.4) is 0 Å². The number of amides is 4. The van der Waals surface area contributed by atoms with Gasteiger partial charge in [0.05, 0.1) is 25.3 Å². The summed E-state index contributed by atoms with van der Waals surface area (Å²) in [6.45, 7) is 7.32. The summed E-state index contributed by atoms with van der Waals surface area (Å²) in [6.07, 6.45) is 0.949. The van der Waals surface area contributed by atoms with Crippen molar-refractivity contribution < 1.29 is 29.0 Å². The van der Waals surface area contributed by atoms with Crippen LogP contribution in [0.25, 0.3) is 0 Å². The van der Waals surface area contributed by atoms with Crippen LogP contribution in [0.15, 0.2) is 53.9 Å². The third kappa shape index (κ3) is 9.62. The van der Waals surface area contributed by atoms with Crippen molar-refractivity contribution in [1.29, 1.82) is 0 Å². The summed E-state index contributed by atoms with van der Waals surface area (Å²) in [5.41, 5.74) is 3.70. The molecule has 1 aromatic heterocycles. The Morgan fingerprint density at radius 2 is 1.69 bits per heavy atom. The molecule has 11 heteroatoms. The van der Waals surface area contributed by atoms with Crippen LogP contribution in [0.4, 0.5) is 16.2 Å². The fourth-order valence-corrected chi connectivity index (χ4v) is 5.44. The minimum absolute atomic E-state index is 0.0985. The van der Waals surface area contributed by atoms with E-state index in [1.165, 1.54) is 25.4 Å². The summed E-state index contributed by atoms with van der Waals surface area (Å²) in [5.74, 6) is -0.976. The van der Waals surface area contributed by atoms with Crippen LogP contribution in [0.5, 0.6) is 5.75 Å². The van der Waals surface area contributed by atoms with Crippen LogP contribution >= 0.6 is 11.3 Å². The number of aliphatic carboxylic acids is 1. The van der Waals surface area contributed by atoms with E-state index in [9.17, 15) is 24.3 Å². The van der Waals surface area contributed by atoms with Crippen molar-refractivity contribution in [2.75, 3.05) is 17.7 Å². The van der Waals surface area contributed by atoms with Crippen molar-refractivity contribution in [2.24, 2.45) is 5.92 Å². The van der Waals surface area contributed by atoms with E-state index in [1.54, 1.807) is 18.2 Å². The number of nitrogens with one attached hydrogen (secondary N) is 4. The second kappa shape index (κ2) is 15.0. The number of ether oxygens (including phenoxy) is 1. The predicted octanol–water partition coefficient (Wildman–Crippen LogP) is 5.29. The zero-order chi connectivity index (χ0) is 30.8. The van der Waals surface area contributed by atoms with E-state index in [0.29, 0.717) is 35.0 Å². The van der Waals surface area contributed by atoms with Gasteiger partial charge in [0.25, 0.3) is 0 Å². The minimum atomic E-state index is -1.10. The molecule has 2 atom stereocenters. The van der Waals surface area contributed by atoms with Gasteiger partial charge in [-0.15, -0.1) is 11.3 Å². The van der Waals surface area contributed by atoms with Crippen molar-refractivity contribution in [3.8, 4) is 5.75 Å².